The third-order valence-corrected chi connectivity index (χ3v) is 4.18. The van der Waals surface area contributed by atoms with Crippen LogP contribution in [0.3, 0.4) is 0 Å². The molecule has 3 nitrogen and oxygen atoms in total. The molecule has 0 unspecified atom stereocenters. The van der Waals surface area contributed by atoms with E-state index in [9.17, 15) is 9.90 Å². The third kappa shape index (κ3) is 2.19. The number of phenols is 1. The van der Waals surface area contributed by atoms with Crippen molar-refractivity contribution in [1.29, 1.82) is 0 Å². The summed E-state index contributed by atoms with van der Waals surface area (Å²) in [6.45, 7) is 7.73. The molecule has 19 heavy (non-hydrogen) atoms. The van der Waals surface area contributed by atoms with Crippen LogP contribution in [0, 0.1) is 19.8 Å². The highest BCUT2D eigenvalue weighted by atomic mass is 16.5. The van der Waals surface area contributed by atoms with Gasteiger partial charge in [-0.2, -0.15) is 0 Å². The molecule has 0 spiro atoms. The molecular weight excluding hydrogens is 240 g/mol. The van der Waals surface area contributed by atoms with Gasteiger partial charge in [-0.1, -0.05) is 6.58 Å². The van der Waals surface area contributed by atoms with Crippen LogP contribution in [0.15, 0.2) is 18.2 Å². The number of hydrogen-bond acceptors (Lipinski definition) is 3. The van der Waals surface area contributed by atoms with Gasteiger partial charge in [0.05, 0.1) is 6.10 Å². The second-order valence-corrected chi connectivity index (χ2v) is 5.22. The smallest absolute Gasteiger partial charge is 0.145 e. The van der Waals surface area contributed by atoms with Gasteiger partial charge in [0.25, 0.3) is 0 Å². The van der Waals surface area contributed by atoms with Crippen molar-refractivity contribution < 1.29 is 14.6 Å². The second-order valence-electron chi connectivity index (χ2n) is 5.22. The topological polar surface area (TPSA) is 46.5 Å². The Morgan fingerprint density at radius 2 is 2.21 bits per heavy atom. The van der Waals surface area contributed by atoms with Crippen molar-refractivity contribution >= 4 is 6.29 Å². The zero-order valence-electron chi connectivity index (χ0n) is 11.7. The number of phenolic OH excluding ortho intramolecular Hbond substituents is 1. The number of aldehydes is 1. The first-order valence-corrected chi connectivity index (χ1v) is 6.50. The molecule has 1 aliphatic rings. The number of fused-ring (bicyclic) bond motifs is 1. The summed E-state index contributed by atoms with van der Waals surface area (Å²) in [4.78, 5) is 11.0. The first kappa shape index (κ1) is 13.8. The van der Waals surface area contributed by atoms with Crippen molar-refractivity contribution in [3.05, 3.63) is 40.5 Å². The van der Waals surface area contributed by atoms with Gasteiger partial charge in [-0.25, -0.2) is 0 Å². The maximum atomic E-state index is 11.0. The standard InChI is InChI=1S/C16H20O3/c1-9-7-14(18)11(3)15-12(9)5-6-13(10(2)8-17)16(15)19-4/h7-8,13,16,18H,2,5-6H2,1,3-4H3/t13-,16+/m0/s1. The molecule has 0 aliphatic heterocycles. The fraction of sp³-hybridized carbons (Fsp3) is 0.438. The number of ether oxygens (including phenoxy) is 1. The lowest BCUT2D eigenvalue weighted by Gasteiger charge is -2.35. The fourth-order valence-electron chi connectivity index (χ4n) is 3.10. The molecule has 0 radical (unpaired) electrons. The SMILES string of the molecule is C=C(C=O)[C@@H]1CCc2c(C)cc(O)c(C)c2[C@@H]1OC. The first-order chi connectivity index (χ1) is 9.01. The summed E-state index contributed by atoms with van der Waals surface area (Å²) in [5.41, 5.74) is 4.75. The number of aromatic hydroxyl groups is 1. The summed E-state index contributed by atoms with van der Waals surface area (Å²) < 4.78 is 5.61. The monoisotopic (exact) mass is 260 g/mol. The molecule has 2 rings (SSSR count). The number of hydrogen-bond donors (Lipinski definition) is 1. The molecule has 0 amide bonds. The molecule has 0 fully saturated rings. The molecule has 1 aromatic rings. The van der Waals surface area contributed by atoms with Crippen LogP contribution in [0.1, 0.15) is 34.8 Å². The molecule has 0 heterocycles. The molecule has 0 bridgehead atoms. The van der Waals surface area contributed by atoms with E-state index in [1.807, 2.05) is 13.8 Å². The predicted molar refractivity (Wildman–Crippen MR) is 74.3 cm³/mol. The minimum absolute atomic E-state index is 0.00472. The van der Waals surface area contributed by atoms with Crippen LogP contribution in [0.5, 0.6) is 5.75 Å². The maximum absolute atomic E-state index is 11.0. The Kier molecular flexibility index (Phi) is 3.76. The zero-order chi connectivity index (χ0) is 14.2. The van der Waals surface area contributed by atoms with Gasteiger partial charge >= 0.3 is 0 Å². The van der Waals surface area contributed by atoms with E-state index in [4.69, 9.17) is 4.74 Å². The Morgan fingerprint density at radius 3 is 2.79 bits per heavy atom. The van der Waals surface area contributed by atoms with Crippen molar-refractivity contribution in [3.63, 3.8) is 0 Å². The van der Waals surface area contributed by atoms with E-state index in [0.29, 0.717) is 5.57 Å². The summed E-state index contributed by atoms with van der Waals surface area (Å²) in [5, 5.41) is 10.0. The quantitative estimate of drug-likeness (QED) is 0.671. The summed E-state index contributed by atoms with van der Waals surface area (Å²) in [7, 11) is 1.64. The second kappa shape index (κ2) is 5.17. The highest BCUT2D eigenvalue weighted by molar-refractivity contribution is 5.73. The minimum atomic E-state index is -0.202. The van der Waals surface area contributed by atoms with E-state index in [-0.39, 0.29) is 17.8 Å². The van der Waals surface area contributed by atoms with Crippen LogP contribution < -0.4 is 0 Å². The van der Waals surface area contributed by atoms with Crippen molar-refractivity contribution in [3.8, 4) is 5.75 Å². The van der Waals surface area contributed by atoms with Gasteiger partial charge in [-0.05, 0) is 60.6 Å². The third-order valence-electron chi connectivity index (χ3n) is 4.18. The van der Waals surface area contributed by atoms with Gasteiger partial charge in [0, 0.05) is 13.0 Å². The number of carbonyl (C=O) groups excluding carboxylic acids is 1. The summed E-state index contributed by atoms with van der Waals surface area (Å²) >= 11 is 0. The fourth-order valence-corrected chi connectivity index (χ4v) is 3.10. The average molecular weight is 260 g/mol. The summed E-state index contributed by atoms with van der Waals surface area (Å²) in [6, 6.07) is 1.80. The van der Waals surface area contributed by atoms with Crippen LogP contribution >= 0.6 is 0 Å². The molecule has 0 saturated carbocycles. The van der Waals surface area contributed by atoms with Crippen LogP contribution in [-0.4, -0.2) is 18.5 Å². The van der Waals surface area contributed by atoms with Gasteiger partial charge in [-0.15, -0.1) is 0 Å². The number of rotatable bonds is 3. The van der Waals surface area contributed by atoms with Gasteiger partial charge in [0.1, 0.15) is 12.0 Å². The molecule has 0 saturated heterocycles. The normalized spacial score (nSPS) is 21.8. The Morgan fingerprint density at radius 1 is 1.53 bits per heavy atom. The summed E-state index contributed by atoms with van der Waals surface area (Å²) in [6.07, 6.45) is 2.35. The van der Waals surface area contributed by atoms with Crippen molar-refractivity contribution in [1.82, 2.24) is 0 Å². The minimum Gasteiger partial charge on any atom is -0.508 e. The summed E-state index contributed by atoms with van der Waals surface area (Å²) in [5.74, 6) is 0.283. The lowest BCUT2D eigenvalue weighted by atomic mass is 9.75. The molecule has 102 valence electrons. The van der Waals surface area contributed by atoms with Crippen LogP contribution in [0.25, 0.3) is 0 Å². The lowest BCUT2D eigenvalue weighted by Crippen LogP contribution is -2.25. The first-order valence-electron chi connectivity index (χ1n) is 6.50. The highest BCUT2D eigenvalue weighted by Gasteiger charge is 2.34. The molecule has 3 heteroatoms. The predicted octanol–water partition coefficient (Wildman–Crippen LogP) is 3.01. The molecular formula is C16H20O3. The van der Waals surface area contributed by atoms with E-state index in [1.54, 1.807) is 13.2 Å². The van der Waals surface area contributed by atoms with Crippen molar-refractivity contribution in [2.75, 3.05) is 7.11 Å². The van der Waals surface area contributed by atoms with E-state index < -0.39 is 0 Å². The maximum Gasteiger partial charge on any atom is 0.145 e. The van der Waals surface area contributed by atoms with Gasteiger partial charge < -0.3 is 9.84 Å². The average Bonchev–Trinajstić information content (AvgIpc) is 2.42. The van der Waals surface area contributed by atoms with Gasteiger partial charge in [0.15, 0.2) is 0 Å². The van der Waals surface area contributed by atoms with Crippen LogP contribution in [-0.2, 0) is 16.0 Å². The Balaban J connectivity index is 2.59. The Labute approximate surface area is 113 Å². The largest absolute Gasteiger partial charge is 0.508 e. The van der Waals surface area contributed by atoms with Crippen molar-refractivity contribution in [2.45, 2.75) is 32.8 Å². The number of carbonyl (C=O) groups is 1. The zero-order valence-corrected chi connectivity index (χ0v) is 11.7. The van der Waals surface area contributed by atoms with E-state index >= 15 is 0 Å². The van der Waals surface area contributed by atoms with E-state index in [0.717, 1.165) is 35.8 Å². The van der Waals surface area contributed by atoms with Gasteiger partial charge in [-0.3, -0.25) is 4.79 Å². The Hall–Kier alpha value is -1.61. The highest BCUT2D eigenvalue weighted by Crippen LogP contribution is 2.44. The van der Waals surface area contributed by atoms with E-state index in [1.165, 1.54) is 5.56 Å². The number of benzene rings is 1. The molecule has 1 aromatic carbocycles. The van der Waals surface area contributed by atoms with Crippen LogP contribution in [0.2, 0.25) is 0 Å². The molecule has 0 aromatic heterocycles. The Bertz CT molecular complexity index is 531. The van der Waals surface area contributed by atoms with Crippen molar-refractivity contribution in [2.24, 2.45) is 5.92 Å². The lowest BCUT2D eigenvalue weighted by molar-refractivity contribution is -0.106. The molecule has 1 aliphatic carbocycles. The number of aryl methyl sites for hydroxylation is 1. The number of methoxy groups -OCH3 is 1. The van der Waals surface area contributed by atoms with Gasteiger partial charge in [0.2, 0.25) is 0 Å². The molecule has 1 N–H and O–H groups in total. The van der Waals surface area contributed by atoms with Crippen LogP contribution in [0.4, 0.5) is 0 Å². The van der Waals surface area contributed by atoms with E-state index in [2.05, 4.69) is 6.58 Å². The molecule has 2 atom stereocenters.